The molecule has 0 amide bonds. The summed E-state index contributed by atoms with van der Waals surface area (Å²) in [5.41, 5.74) is 0. The number of aliphatic hydroxyl groups excluding tert-OH is 1. The van der Waals surface area contributed by atoms with Crippen molar-refractivity contribution in [3.05, 3.63) is 0 Å². The van der Waals surface area contributed by atoms with E-state index in [9.17, 15) is 0 Å². The maximum Gasteiger partial charge on any atom is 0.0431 e. The fourth-order valence-corrected chi connectivity index (χ4v) is 2.41. The number of nitrogens with one attached hydrogen (secondary N) is 1. The third-order valence-corrected chi connectivity index (χ3v) is 3.41. The van der Waals surface area contributed by atoms with Crippen LogP contribution >= 0.6 is 0 Å². The van der Waals surface area contributed by atoms with Gasteiger partial charge in [-0.05, 0) is 38.5 Å². The molecule has 1 fully saturated rings. The van der Waals surface area contributed by atoms with Crippen molar-refractivity contribution >= 4 is 0 Å². The SMILES string of the molecule is C[C@H](CCCO)N[C@H]1CCCC[C@H]1C. The highest BCUT2D eigenvalue weighted by atomic mass is 16.2. The molecule has 0 aliphatic heterocycles. The lowest BCUT2D eigenvalue weighted by Gasteiger charge is -2.32. The van der Waals surface area contributed by atoms with E-state index in [0.29, 0.717) is 12.6 Å². The Labute approximate surface area is 88.1 Å². The maximum absolute atomic E-state index is 8.75. The first-order chi connectivity index (χ1) is 6.74. The Morgan fingerprint density at radius 1 is 1.36 bits per heavy atom. The second kappa shape index (κ2) is 6.41. The van der Waals surface area contributed by atoms with Crippen molar-refractivity contribution < 1.29 is 5.11 Å². The van der Waals surface area contributed by atoms with Crippen LogP contribution in [0.5, 0.6) is 0 Å². The molecule has 0 spiro atoms. The zero-order chi connectivity index (χ0) is 10.4. The number of rotatable bonds is 5. The van der Waals surface area contributed by atoms with Crippen molar-refractivity contribution in [2.45, 2.75) is 64.5 Å². The van der Waals surface area contributed by atoms with Crippen LogP contribution in [0, 0.1) is 5.92 Å². The summed E-state index contributed by atoms with van der Waals surface area (Å²) >= 11 is 0. The van der Waals surface area contributed by atoms with Gasteiger partial charge in [-0.25, -0.2) is 0 Å². The summed E-state index contributed by atoms with van der Waals surface area (Å²) in [6.07, 6.45) is 7.53. The molecule has 0 aromatic rings. The van der Waals surface area contributed by atoms with Crippen LogP contribution in [0.3, 0.4) is 0 Å². The molecule has 3 atom stereocenters. The predicted molar refractivity (Wildman–Crippen MR) is 60.3 cm³/mol. The van der Waals surface area contributed by atoms with Gasteiger partial charge in [0.1, 0.15) is 0 Å². The lowest BCUT2D eigenvalue weighted by molar-refractivity contribution is 0.241. The van der Waals surface area contributed by atoms with Crippen LogP contribution in [-0.2, 0) is 0 Å². The molecule has 0 aromatic carbocycles. The molecule has 14 heavy (non-hydrogen) atoms. The van der Waals surface area contributed by atoms with Crippen LogP contribution in [0.2, 0.25) is 0 Å². The molecule has 0 heterocycles. The number of aliphatic hydroxyl groups is 1. The average Bonchev–Trinajstić information content (AvgIpc) is 2.18. The second-order valence-corrected chi connectivity index (χ2v) is 4.80. The van der Waals surface area contributed by atoms with Crippen LogP contribution in [-0.4, -0.2) is 23.8 Å². The van der Waals surface area contributed by atoms with E-state index >= 15 is 0 Å². The first-order valence-electron chi connectivity index (χ1n) is 6.11. The Balaban J connectivity index is 2.20. The second-order valence-electron chi connectivity index (χ2n) is 4.80. The Hall–Kier alpha value is -0.0800. The van der Waals surface area contributed by atoms with E-state index in [-0.39, 0.29) is 0 Å². The molecular formula is C12H25NO. The average molecular weight is 199 g/mol. The highest BCUT2D eigenvalue weighted by molar-refractivity contribution is 4.80. The van der Waals surface area contributed by atoms with Gasteiger partial charge in [-0.1, -0.05) is 19.8 Å². The Kier molecular flexibility index (Phi) is 5.49. The van der Waals surface area contributed by atoms with Crippen molar-refractivity contribution in [1.29, 1.82) is 0 Å². The van der Waals surface area contributed by atoms with Crippen molar-refractivity contribution in [1.82, 2.24) is 5.32 Å². The molecule has 1 saturated carbocycles. The third kappa shape index (κ3) is 3.97. The van der Waals surface area contributed by atoms with Crippen molar-refractivity contribution in [2.75, 3.05) is 6.61 Å². The van der Waals surface area contributed by atoms with E-state index in [4.69, 9.17) is 5.11 Å². The molecule has 1 rings (SSSR count). The summed E-state index contributed by atoms with van der Waals surface area (Å²) in [6.45, 7) is 4.92. The monoisotopic (exact) mass is 199 g/mol. The minimum Gasteiger partial charge on any atom is -0.396 e. The van der Waals surface area contributed by atoms with Crippen molar-refractivity contribution in [3.63, 3.8) is 0 Å². The predicted octanol–water partition coefficient (Wildman–Crippen LogP) is 2.32. The number of hydrogen-bond acceptors (Lipinski definition) is 2. The fraction of sp³-hybridized carbons (Fsp3) is 1.00. The third-order valence-electron chi connectivity index (χ3n) is 3.41. The van der Waals surface area contributed by atoms with Crippen LogP contribution in [0.15, 0.2) is 0 Å². The van der Waals surface area contributed by atoms with E-state index in [1.54, 1.807) is 0 Å². The van der Waals surface area contributed by atoms with E-state index < -0.39 is 0 Å². The summed E-state index contributed by atoms with van der Waals surface area (Å²) < 4.78 is 0. The molecule has 0 radical (unpaired) electrons. The summed E-state index contributed by atoms with van der Waals surface area (Å²) in [5.74, 6) is 0.834. The van der Waals surface area contributed by atoms with Crippen LogP contribution in [0.4, 0.5) is 0 Å². The first-order valence-corrected chi connectivity index (χ1v) is 6.11. The molecule has 2 N–H and O–H groups in total. The van der Waals surface area contributed by atoms with Gasteiger partial charge in [-0.15, -0.1) is 0 Å². The van der Waals surface area contributed by atoms with Gasteiger partial charge in [0.15, 0.2) is 0 Å². The lowest BCUT2D eigenvalue weighted by Crippen LogP contribution is -2.42. The van der Waals surface area contributed by atoms with Gasteiger partial charge in [0.25, 0.3) is 0 Å². The summed E-state index contributed by atoms with van der Waals surface area (Å²) in [6, 6.07) is 1.28. The van der Waals surface area contributed by atoms with Gasteiger partial charge in [0, 0.05) is 18.7 Å². The molecule has 2 nitrogen and oxygen atoms in total. The summed E-state index contributed by atoms with van der Waals surface area (Å²) in [5, 5.41) is 12.4. The molecule has 0 unspecified atom stereocenters. The topological polar surface area (TPSA) is 32.3 Å². The molecule has 1 aliphatic rings. The Bertz CT molecular complexity index is 149. The van der Waals surface area contributed by atoms with Gasteiger partial charge in [0.05, 0.1) is 0 Å². The Morgan fingerprint density at radius 3 is 2.71 bits per heavy atom. The summed E-state index contributed by atoms with van der Waals surface area (Å²) in [4.78, 5) is 0. The summed E-state index contributed by atoms with van der Waals surface area (Å²) in [7, 11) is 0. The molecule has 0 bridgehead atoms. The van der Waals surface area contributed by atoms with E-state index in [2.05, 4.69) is 19.2 Å². The van der Waals surface area contributed by atoms with Gasteiger partial charge in [-0.2, -0.15) is 0 Å². The number of hydrogen-bond donors (Lipinski definition) is 2. The highest BCUT2D eigenvalue weighted by Gasteiger charge is 2.21. The molecule has 2 heteroatoms. The zero-order valence-corrected chi connectivity index (χ0v) is 9.63. The van der Waals surface area contributed by atoms with E-state index in [0.717, 1.165) is 24.8 Å². The van der Waals surface area contributed by atoms with Gasteiger partial charge in [0.2, 0.25) is 0 Å². The maximum atomic E-state index is 8.75. The molecule has 84 valence electrons. The molecular weight excluding hydrogens is 174 g/mol. The molecule has 1 aliphatic carbocycles. The smallest absolute Gasteiger partial charge is 0.0431 e. The quantitative estimate of drug-likeness (QED) is 0.712. The molecule has 0 aromatic heterocycles. The van der Waals surface area contributed by atoms with Crippen LogP contribution < -0.4 is 5.32 Å². The normalized spacial score (nSPS) is 30.2. The van der Waals surface area contributed by atoms with Crippen LogP contribution in [0.1, 0.15) is 52.4 Å². The fourth-order valence-electron chi connectivity index (χ4n) is 2.41. The minimum atomic E-state index is 0.326. The Morgan fingerprint density at radius 2 is 2.07 bits per heavy atom. The minimum absolute atomic E-state index is 0.326. The van der Waals surface area contributed by atoms with Crippen LogP contribution in [0.25, 0.3) is 0 Å². The van der Waals surface area contributed by atoms with Crippen molar-refractivity contribution in [3.8, 4) is 0 Å². The van der Waals surface area contributed by atoms with Crippen molar-refractivity contribution in [2.24, 2.45) is 5.92 Å². The van der Waals surface area contributed by atoms with E-state index in [1.165, 1.54) is 25.7 Å². The van der Waals surface area contributed by atoms with E-state index in [1.807, 2.05) is 0 Å². The van der Waals surface area contributed by atoms with Gasteiger partial charge < -0.3 is 10.4 Å². The lowest BCUT2D eigenvalue weighted by atomic mass is 9.85. The largest absolute Gasteiger partial charge is 0.396 e. The standard InChI is InChI=1S/C12H25NO/c1-10-6-3-4-8-12(10)13-11(2)7-5-9-14/h10-14H,3-9H2,1-2H3/t10-,11-,12+/m1/s1. The first kappa shape index (κ1) is 12.0. The zero-order valence-electron chi connectivity index (χ0n) is 9.63. The highest BCUT2D eigenvalue weighted by Crippen LogP contribution is 2.24. The molecule has 0 saturated heterocycles. The van der Waals surface area contributed by atoms with Gasteiger partial charge >= 0.3 is 0 Å². The van der Waals surface area contributed by atoms with Gasteiger partial charge in [-0.3, -0.25) is 0 Å².